The van der Waals surface area contributed by atoms with E-state index in [4.69, 9.17) is 4.74 Å². The fourth-order valence-corrected chi connectivity index (χ4v) is 4.27. The van der Waals surface area contributed by atoms with Crippen molar-refractivity contribution in [3.05, 3.63) is 71.8 Å². The number of aliphatic hydroxyl groups excluding tert-OH is 1. The number of H-pyrrole nitrogens is 1. The summed E-state index contributed by atoms with van der Waals surface area (Å²) in [4.78, 5) is 3.44. The third-order valence-corrected chi connectivity index (χ3v) is 5.79. The largest absolute Gasteiger partial charge is 0.492 e. The van der Waals surface area contributed by atoms with Crippen molar-refractivity contribution in [2.75, 3.05) is 30.7 Å². The molecule has 0 saturated heterocycles. The van der Waals surface area contributed by atoms with E-state index in [1.54, 1.807) is 24.3 Å². The molecule has 0 bridgehead atoms. The summed E-state index contributed by atoms with van der Waals surface area (Å²) in [5.41, 5.74) is 4.42. The summed E-state index contributed by atoms with van der Waals surface area (Å²) in [7, 11) is -3.36. The predicted molar refractivity (Wildman–Crippen MR) is 129 cm³/mol. The van der Waals surface area contributed by atoms with Crippen LogP contribution in [0.15, 0.2) is 60.7 Å². The number of benzene rings is 3. The third kappa shape index (κ3) is 5.40. The number of rotatable bonds is 9. The molecule has 8 heteroatoms. The van der Waals surface area contributed by atoms with Crippen LogP contribution >= 0.6 is 0 Å². The van der Waals surface area contributed by atoms with Crippen LogP contribution in [0.1, 0.15) is 17.2 Å². The zero-order valence-corrected chi connectivity index (χ0v) is 18.9. The summed E-state index contributed by atoms with van der Waals surface area (Å²) in [5, 5.41) is 15.9. The van der Waals surface area contributed by atoms with Crippen molar-refractivity contribution in [3.8, 4) is 5.75 Å². The smallest absolute Gasteiger partial charge is 0.229 e. The van der Waals surface area contributed by atoms with Crippen molar-refractivity contribution in [2.24, 2.45) is 0 Å². The molecule has 4 rings (SSSR count). The van der Waals surface area contributed by atoms with E-state index in [9.17, 15) is 13.5 Å². The van der Waals surface area contributed by atoms with Crippen LogP contribution in [-0.4, -0.2) is 44.5 Å². The van der Waals surface area contributed by atoms with Crippen LogP contribution in [0.4, 0.5) is 5.69 Å². The van der Waals surface area contributed by atoms with Gasteiger partial charge in [-0.05, 0) is 48.4 Å². The van der Waals surface area contributed by atoms with Gasteiger partial charge in [0.2, 0.25) is 10.0 Å². The van der Waals surface area contributed by atoms with Crippen LogP contribution in [0, 0.1) is 6.92 Å². The van der Waals surface area contributed by atoms with Crippen molar-refractivity contribution < 1.29 is 18.3 Å². The van der Waals surface area contributed by atoms with Gasteiger partial charge in [-0.2, -0.15) is 0 Å². The van der Waals surface area contributed by atoms with E-state index in [-0.39, 0.29) is 0 Å². The van der Waals surface area contributed by atoms with Crippen molar-refractivity contribution in [3.63, 3.8) is 0 Å². The van der Waals surface area contributed by atoms with E-state index in [2.05, 4.69) is 46.2 Å². The second-order valence-corrected chi connectivity index (χ2v) is 9.70. The number of sulfonamides is 1. The van der Waals surface area contributed by atoms with Gasteiger partial charge < -0.3 is 20.1 Å². The number of hydrogen-bond acceptors (Lipinski definition) is 5. The first-order valence-corrected chi connectivity index (χ1v) is 12.3. The van der Waals surface area contributed by atoms with Crippen LogP contribution in [0.3, 0.4) is 0 Å². The first-order valence-electron chi connectivity index (χ1n) is 10.4. The van der Waals surface area contributed by atoms with Crippen molar-refractivity contribution in [2.45, 2.75) is 13.0 Å². The van der Waals surface area contributed by atoms with E-state index in [1.807, 2.05) is 12.1 Å². The molecule has 1 atom stereocenters. The second kappa shape index (κ2) is 9.20. The normalized spacial score (nSPS) is 12.8. The van der Waals surface area contributed by atoms with E-state index in [0.717, 1.165) is 23.0 Å². The van der Waals surface area contributed by atoms with Gasteiger partial charge in [-0.3, -0.25) is 4.72 Å². The minimum atomic E-state index is -3.36. The lowest BCUT2D eigenvalue weighted by Crippen LogP contribution is -2.26. The SMILES string of the molecule is Cc1ccc2c(c1)[nH]c1cc(OCCNCC(O)c3cccc(NS(C)(=O)=O)c3)ccc12. The van der Waals surface area contributed by atoms with E-state index >= 15 is 0 Å². The zero-order valence-electron chi connectivity index (χ0n) is 18.1. The van der Waals surface area contributed by atoms with Crippen LogP contribution in [0.5, 0.6) is 5.75 Å². The molecular formula is C24H27N3O4S. The molecule has 4 N–H and O–H groups in total. The number of fused-ring (bicyclic) bond motifs is 3. The molecular weight excluding hydrogens is 426 g/mol. The van der Waals surface area contributed by atoms with Gasteiger partial charge in [0.05, 0.1) is 17.9 Å². The molecule has 32 heavy (non-hydrogen) atoms. The number of aliphatic hydroxyl groups is 1. The van der Waals surface area contributed by atoms with E-state index in [1.165, 1.54) is 16.3 Å². The Balaban J connectivity index is 1.28. The van der Waals surface area contributed by atoms with Gasteiger partial charge in [-0.1, -0.05) is 24.3 Å². The van der Waals surface area contributed by atoms with Gasteiger partial charge in [0.25, 0.3) is 0 Å². The van der Waals surface area contributed by atoms with Crippen molar-refractivity contribution in [1.29, 1.82) is 0 Å². The van der Waals surface area contributed by atoms with Crippen molar-refractivity contribution >= 4 is 37.5 Å². The predicted octanol–water partition coefficient (Wildman–Crippen LogP) is 3.70. The average Bonchev–Trinajstić information content (AvgIpc) is 3.08. The first-order chi connectivity index (χ1) is 15.3. The number of aryl methyl sites for hydroxylation is 1. The monoisotopic (exact) mass is 453 g/mol. The van der Waals surface area contributed by atoms with Gasteiger partial charge in [0, 0.05) is 41.1 Å². The highest BCUT2D eigenvalue weighted by Gasteiger charge is 2.10. The lowest BCUT2D eigenvalue weighted by atomic mass is 10.1. The lowest BCUT2D eigenvalue weighted by molar-refractivity contribution is 0.172. The molecule has 0 saturated carbocycles. The highest BCUT2D eigenvalue weighted by atomic mass is 32.2. The number of hydrogen-bond donors (Lipinski definition) is 4. The average molecular weight is 454 g/mol. The summed E-state index contributed by atoms with van der Waals surface area (Å²) < 4.78 is 31.0. The Labute approximate surface area is 187 Å². The minimum Gasteiger partial charge on any atom is -0.492 e. The summed E-state index contributed by atoms with van der Waals surface area (Å²) in [6.45, 7) is 3.41. The molecule has 0 radical (unpaired) electrons. The molecule has 3 aromatic carbocycles. The Kier molecular flexibility index (Phi) is 6.36. The highest BCUT2D eigenvalue weighted by molar-refractivity contribution is 7.92. The Morgan fingerprint density at radius 1 is 1.03 bits per heavy atom. The van der Waals surface area contributed by atoms with Gasteiger partial charge >= 0.3 is 0 Å². The standard InChI is InChI=1S/C24H27N3O4S/c1-16-6-8-20-21-9-7-19(14-23(21)26-22(20)12-16)31-11-10-25-15-24(28)17-4-3-5-18(13-17)27-32(2,29)30/h3-9,12-14,24-28H,10-11,15H2,1-2H3. The molecule has 0 spiro atoms. The number of aromatic nitrogens is 1. The number of anilines is 1. The van der Waals surface area contributed by atoms with Gasteiger partial charge in [-0.15, -0.1) is 0 Å². The second-order valence-electron chi connectivity index (χ2n) is 7.95. The number of nitrogens with one attached hydrogen (secondary N) is 3. The Hall–Kier alpha value is -3.07. The topological polar surface area (TPSA) is 103 Å². The molecule has 4 aromatic rings. The molecule has 0 amide bonds. The fourth-order valence-electron chi connectivity index (χ4n) is 3.71. The summed E-state index contributed by atoms with van der Waals surface area (Å²) in [5.74, 6) is 0.780. The van der Waals surface area contributed by atoms with Crippen LogP contribution in [0.25, 0.3) is 21.8 Å². The molecule has 168 valence electrons. The maximum Gasteiger partial charge on any atom is 0.229 e. The quantitative estimate of drug-likeness (QED) is 0.289. The molecule has 0 aliphatic carbocycles. The third-order valence-electron chi connectivity index (χ3n) is 5.19. The zero-order chi connectivity index (χ0) is 22.7. The van der Waals surface area contributed by atoms with Gasteiger partial charge in [0.15, 0.2) is 0 Å². The Bertz CT molecular complexity index is 1350. The summed E-state index contributed by atoms with van der Waals surface area (Å²) >= 11 is 0. The van der Waals surface area contributed by atoms with E-state index < -0.39 is 16.1 Å². The molecule has 0 aliphatic heterocycles. The molecule has 1 aromatic heterocycles. The van der Waals surface area contributed by atoms with Crippen LogP contribution in [0.2, 0.25) is 0 Å². The number of ether oxygens (including phenoxy) is 1. The molecule has 0 aliphatic rings. The molecule has 7 nitrogen and oxygen atoms in total. The van der Waals surface area contributed by atoms with E-state index in [0.29, 0.717) is 30.9 Å². The van der Waals surface area contributed by atoms with Crippen molar-refractivity contribution in [1.82, 2.24) is 10.3 Å². The van der Waals surface area contributed by atoms with Crippen LogP contribution < -0.4 is 14.8 Å². The Morgan fingerprint density at radius 3 is 2.56 bits per heavy atom. The van der Waals surface area contributed by atoms with Gasteiger partial charge in [0.1, 0.15) is 12.4 Å². The Morgan fingerprint density at radius 2 is 1.78 bits per heavy atom. The lowest BCUT2D eigenvalue weighted by Gasteiger charge is -2.14. The summed E-state index contributed by atoms with van der Waals surface area (Å²) in [6, 6.07) is 19.1. The highest BCUT2D eigenvalue weighted by Crippen LogP contribution is 2.28. The van der Waals surface area contributed by atoms with Crippen LogP contribution in [-0.2, 0) is 10.0 Å². The maximum atomic E-state index is 11.4. The summed E-state index contributed by atoms with van der Waals surface area (Å²) in [6.07, 6.45) is 0.330. The maximum absolute atomic E-state index is 11.4. The number of aromatic amines is 1. The molecule has 1 unspecified atom stereocenters. The molecule has 0 fully saturated rings. The first kappa shape index (κ1) is 22.1. The minimum absolute atomic E-state index is 0.325. The molecule has 1 heterocycles. The van der Waals surface area contributed by atoms with Gasteiger partial charge in [-0.25, -0.2) is 8.42 Å². The fraction of sp³-hybridized carbons (Fsp3) is 0.250.